The van der Waals surface area contributed by atoms with Crippen LogP contribution in [0.4, 0.5) is 0 Å². The van der Waals surface area contributed by atoms with E-state index in [0.717, 1.165) is 51.1 Å². The van der Waals surface area contributed by atoms with Gasteiger partial charge in [0.05, 0.1) is 0 Å². The van der Waals surface area contributed by atoms with Crippen LogP contribution in [0, 0.1) is 5.92 Å². The molecule has 3 rings (SSSR count). The summed E-state index contributed by atoms with van der Waals surface area (Å²) in [5.41, 5.74) is 0.518. The maximum Gasteiger partial charge on any atom is 0.271 e. The van der Waals surface area contributed by atoms with Crippen LogP contribution in [0.25, 0.3) is 0 Å². The summed E-state index contributed by atoms with van der Waals surface area (Å²) in [6.45, 7) is 4.77. The molecule has 1 atom stereocenters. The van der Waals surface area contributed by atoms with Crippen LogP contribution in [0.2, 0.25) is 0 Å². The van der Waals surface area contributed by atoms with Crippen molar-refractivity contribution in [1.29, 1.82) is 0 Å². The summed E-state index contributed by atoms with van der Waals surface area (Å²) in [6.07, 6.45) is 6.00. The maximum absolute atomic E-state index is 12.1. The Morgan fingerprint density at radius 3 is 3.00 bits per heavy atom. The van der Waals surface area contributed by atoms with Crippen molar-refractivity contribution < 1.29 is 9.59 Å². The van der Waals surface area contributed by atoms with Crippen LogP contribution in [0.1, 0.15) is 42.5 Å². The van der Waals surface area contributed by atoms with Crippen LogP contribution >= 0.6 is 0 Å². The number of hydrogen-bond acceptors (Lipinski definition) is 3. The van der Waals surface area contributed by atoms with Gasteiger partial charge in [-0.2, -0.15) is 0 Å². The minimum Gasteiger partial charge on any atom is -0.350 e. The van der Waals surface area contributed by atoms with Crippen LogP contribution in [0.3, 0.4) is 0 Å². The molecule has 6 heteroatoms. The second kappa shape index (κ2) is 5.87. The van der Waals surface area contributed by atoms with Crippen molar-refractivity contribution >= 4 is 11.8 Å². The molecule has 6 nitrogen and oxygen atoms in total. The van der Waals surface area contributed by atoms with Gasteiger partial charge in [-0.05, 0) is 25.2 Å². The number of piperidine rings is 1. The third kappa shape index (κ3) is 3.09. The van der Waals surface area contributed by atoms with E-state index in [1.807, 2.05) is 11.1 Å². The van der Waals surface area contributed by atoms with E-state index in [2.05, 4.69) is 14.9 Å². The Kier molecular flexibility index (Phi) is 3.94. The van der Waals surface area contributed by atoms with Gasteiger partial charge in [0, 0.05) is 45.7 Å². The van der Waals surface area contributed by atoms with Gasteiger partial charge >= 0.3 is 0 Å². The predicted molar refractivity (Wildman–Crippen MR) is 77.9 cm³/mol. The van der Waals surface area contributed by atoms with Crippen LogP contribution in [0.5, 0.6) is 0 Å². The average Bonchev–Trinajstić information content (AvgIpc) is 3.06. The number of hydrogen-bond donors (Lipinski definition) is 1. The fraction of sp³-hybridized carbons (Fsp3) is 0.667. The maximum atomic E-state index is 12.1. The molecule has 1 aromatic rings. The number of nitrogens with zero attached hydrogens (tertiary/aromatic N) is 3. The first-order valence-corrected chi connectivity index (χ1v) is 7.73. The quantitative estimate of drug-likeness (QED) is 0.896. The number of nitrogens with one attached hydrogen (secondary N) is 1. The van der Waals surface area contributed by atoms with E-state index in [1.165, 1.54) is 0 Å². The largest absolute Gasteiger partial charge is 0.350 e. The van der Waals surface area contributed by atoms with E-state index >= 15 is 0 Å². The van der Waals surface area contributed by atoms with Gasteiger partial charge in [-0.15, -0.1) is 0 Å². The van der Waals surface area contributed by atoms with E-state index in [0.29, 0.717) is 18.2 Å². The standard InChI is InChI=1S/C15H22N4O2/c1-11(20)18-6-2-4-12(9-18)8-16-15(21)13-10-19-7-3-5-14(19)17-13/h10,12H,2-9H2,1H3,(H,16,21). The highest BCUT2D eigenvalue weighted by Gasteiger charge is 2.23. The summed E-state index contributed by atoms with van der Waals surface area (Å²) in [5, 5.41) is 2.96. The number of amides is 2. The van der Waals surface area contributed by atoms with Gasteiger partial charge in [0.1, 0.15) is 11.5 Å². The molecule has 1 fully saturated rings. The van der Waals surface area contributed by atoms with E-state index in [-0.39, 0.29) is 11.8 Å². The SMILES string of the molecule is CC(=O)N1CCCC(CNC(=O)c2cn3c(n2)CCC3)C1. The van der Waals surface area contributed by atoms with Crippen molar-refractivity contribution in [2.45, 2.75) is 39.2 Å². The molecule has 1 saturated heterocycles. The lowest BCUT2D eigenvalue weighted by Gasteiger charge is -2.32. The van der Waals surface area contributed by atoms with Gasteiger partial charge in [-0.1, -0.05) is 0 Å². The second-order valence-corrected chi connectivity index (χ2v) is 6.02. The fourth-order valence-corrected chi connectivity index (χ4v) is 3.21. The van der Waals surface area contributed by atoms with Crippen molar-refractivity contribution in [3.8, 4) is 0 Å². The van der Waals surface area contributed by atoms with Gasteiger partial charge in [0.2, 0.25) is 5.91 Å². The summed E-state index contributed by atoms with van der Waals surface area (Å²) in [7, 11) is 0. The Bertz CT molecular complexity index is 530. The number of imidazole rings is 1. The Labute approximate surface area is 124 Å². The lowest BCUT2D eigenvalue weighted by atomic mass is 9.98. The Morgan fingerprint density at radius 2 is 2.24 bits per heavy atom. The summed E-state index contributed by atoms with van der Waals surface area (Å²) in [4.78, 5) is 29.8. The van der Waals surface area contributed by atoms with Crippen molar-refractivity contribution in [3.05, 3.63) is 17.7 Å². The monoisotopic (exact) mass is 290 g/mol. The van der Waals surface area contributed by atoms with Crippen molar-refractivity contribution in [1.82, 2.24) is 19.8 Å². The molecule has 2 aliphatic heterocycles. The third-order valence-corrected chi connectivity index (χ3v) is 4.41. The van der Waals surface area contributed by atoms with Crippen LogP contribution < -0.4 is 5.32 Å². The van der Waals surface area contributed by atoms with E-state index < -0.39 is 0 Å². The minimum atomic E-state index is -0.100. The molecule has 0 radical (unpaired) electrons. The number of carbonyl (C=O) groups excluding carboxylic acids is 2. The highest BCUT2D eigenvalue weighted by Crippen LogP contribution is 2.17. The topological polar surface area (TPSA) is 67.2 Å². The van der Waals surface area contributed by atoms with E-state index in [1.54, 1.807) is 6.92 Å². The first-order valence-electron chi connectivity index (χ1n) is 7.73. The highest BCUT2D eigenvalue weighted by molar-refractivity contribution is 5.92. The molecular formula is C15H22N4O2. The molecule has 0 bridgehead atoms. The molecule has 0 spiro atoms. The zero-order valence-corrected chi connectivity index (χ0v) is 12.5. The minimum absolute atomic E-state index is 0.100. The Balaban J connectivity index is 1.52. The molecule has 0 aromatic carbocycles. The number of fused-ring (bicyclic) bond motifs is 1. The number of aromatic nitrogens is 2. The summed E-state index contributed by atoms with van der Waals surface area (Å²) < 4.78 is 2.06. The smallest absolute Gasteiger partial charge is 0.271 e. The molecule has 1 unspecified atom stereocenters. The molecule has 3 heterocycles. The fourth-order valence-electron chi connectivity index (χ4n) is 3.21. The highest BCUT2D eigenvalue weighted by atomic mass is 16.2. The molecule has 1 N–H and O–H groups in total. The van der Waals surface area contributed by atoms with E-state index in [4.69, 9.17) is 0 Å². The molecular weight excluding hydrogens is 268 g/mol. The Morgan fingerprint density at radius 1 is 1.38 bits per heavy atom. The summed E-state index contributed by atoms with van der Waals surface area (Å²) >= 11 is 0. The van der Waals surface area contributed by atoms with Crippen molar-refractivity contribution in [3.63, 3.8) is 0 Å². The van der Waals surface area contributed by atoms with E-state index in [9.17, 15) is 9.59 Å². The molecule has 21 heavy (non-hydrogen) atoms. The van der Waals surface area contributed by atoms with Gasteiger partial charge in [0.15, 0.2) is 0 Å². The zero-order valence-electron chi connectivity index (χ0n) is 12.5. The number of rotatable bonds is 3. The molecule has 0 aliphatic carbocycles. The number of likely N-dealkylation sites (tertiary alicyclic amines) is 1. The normalized spacial score (nSPS) is 21.2. The lowest BCUT2D eigenvalue weighted by molar-refractivity contribution is -0.130. The van der Waals surface area contributed by atoms with Gasteiger partial charge in [-0.25, -0.2) is 4.98 Å². The van der Waals surface area contributed by atoms with Crippen LogP contribution in [0.15, 0.2) is 6.20 Å². The summed E-state index contributed by atoms with van der Waals surface area (Å²) in [5.74, 6) is 1.38. The number of carbonyl (C=O) groups is 2. The van der Waals surface area contributed by atoms with Crippen molar-refractivity contribution in [2.24, 2.45) is 5.92 Å². The van der Waals surface area contributed by atoms with Gasteiger partial charge in [-0.3, -0.25) is 9.59 Å². The molecule has 2 aliphatic rings. The molecule has 0 saturated carbocycles. The average molecular weight is 290 g/mol. The second-order valence-electron chi connectivity index (χ2n) is 6.02. The molecule has 114 valence electrons. The lowest BCUT2D eigenvalue weighted by Crippen LogP contribution is -2.42. The van der Waals surface area contributed by atoms with Crippen LogP contribution in [-0.4, -0.2) is 45.9 Å². The van der Waals surface area contributed by atoms with Gasteiger partial charge in [0.25, 0.3) is 5.91 Å². The summed E-state index contributed by atoms with van der Waals surface area (Å²) in [6, 6.07) is 0. The predicted octanol–water partition coefficient (Wildman–Crippen LogP) is 0.818. The van der Waals surface area contributed by atoms with Gasteiger partial charge < -0.3 is 14.8 Å². The van der Waals surface area contributed by atoms with Crippen LogP contribution in [-0.2, 0) is 17.8 Å². The first-order chi connectivity index (χ1) is 10.1. The third-order valence-electron chi connectivity index (χ3n) is 4.41. The molecule has 1 aromatic heterocycles. The molecule has 2 amide bonds. The zero-order chi connectivity index (χ0) is 14.8. The Hall–Kier alpha value is -1.85. The first kappa shape index (κ1) is 14.1. The van der Waals surface area contributed by atoms with Crippen molar-refractivity contribution in [2.75, 3.05) is 19.6 Å². The number of aryl methyl sites for hydroxylation is 2.